The lowest BCUT2D eigenvalue weighted by molar-refractivity contribution is 0.284. The van der Waals surface area contributed by atoms with Gasteiger partial charge in [-0.2, -0.15) is 0 Å². The van der Waals surface area contributed by atoms with Gasteiger partial charge in [0.05, 0.1) is 5.02 Å². The maximum absolute atomic E-state index is 12.2. The number of fused-ring (bicyclic) bond motifs is 8. The van der Waals surface area contributed by atoms with E-state index in [9.17, 15) is 14.2 Å². The molecule has 0 saturated carbocycles. The van der Waals surface area contributed by atoms with Gasteiger partial charge in [-0.05, 0) is 326 Å². The van der Waals surface area contributed by atoms with Gasteiger partial charge >= 0.3 is 5.20 Å². The Bertz CT molecular complexity index is 3020. The molecule has 89 heavy (non-hydrogen) atoms. The molecular formula is C72H114Cl5N8O3P. The van der Waals surface area contributed by atoms with Crippen LogP contribution in [0.5, 0.6) is 0 Å². The Balaban J connectivity index is 0.000000237. The first-order valence-corrected chi connectivity index (χ1v) is 38.5. The van der Waals surface area contributed by atoms with E-state index in [1.165, 1.54) is 174 Å². The summed E-state index contributed by atoms with van der Waals surface area (Å²) < 4.78 is 9.51. The van der Waals surface area contributed by atoms with E-state index < -0.39 is 5.20 Å². The number of H-pyrrole nitrogens is 2. The van der Waals surface area contributed by atoms with Crippen molar-refractivity contribution in [1.29, 1.82) is 0 Å². The summed E-state index contributed by atoms with van der Waals surface area (Å²) in [5.41, 5.74) is 33.6. The van der Waals surface area contributed by atoms with Crippen LogP contribution in [0.1, 0.15) is 256 Å². The van der Waals surface area contributed by atoms with Crippen molar-refractivity contribution in [1.82, 2.24) is 29.7 Å². The van der Waals surface area contributed by atoms with Gasteiger partial charge < -0.3 is 31.2 Å². The van der Waals surface area contributed by atoms with Crippen molar-refractivity contribution in [2.45, 2.75) is 273 Å². The molecule has 7 aliphatic rings. The number of aromatic nitrogens is 4. The molecule has 17 heteroatoms. The third-order valence-corrected chi connectivity index (χ3v) is 19.6. The van der Waals surface area contributed by atoms with Gasteiger partial charge in [-0.1, -0.05) is 66.3 Å². The Labute approximate surface area is 562 Å². The number of aromatic amines is 2. The van der Waals surface area contributed by atoms with Crippen LogP contribution in [0, 0.1) is 0 Å². The highest BCUT2D eigenvalue weighted by Crippen LogP contribution is 2.61. The number of nitrogens with zero attached hydrogens (tertiary/aromatic N) is 4. The quantitative estimate of drug-likeness (QED) is 0.0839. The number of hydrogen-bond acceptors (Lipinski definition) is 9. The van der Waals surface area contributed by atoms with E-state index in [4.69, 9.17) is 33.0 Å². The smallest absolute Gasteiger partial charge is 0.339 e. The van der Waals surface area contributed by atoms with E-state index in [-0.39, 0.29) is 38.7 Å². The first-order valence-electron chi connectivity index (χ1n) is 33.7. The Morgan fingerprint density at radius 3 is 1.27 bits per heavy atom. The second-order valence-corrected chi connectivity index (χ2v) is 32.3. The van der Waals surface area contributed by atoms with E-state index in [0.717, 1.165) is 148 Å². The maximum Gasteiger partial charge on any atom is 0.339 e. The lowest BCUT2D eigenvalue weighted by atomic mass is 9.76. The fraction of sp³-hybridized carbons (Fsp3) is 0.667. The zero-order valence-electron chi connectivity index (χ0n) is 53.7. The number of para-hydroxylation sites is 1. The second kappa shape index (κ2) is 39.8. The highest BCUT2D eigenvalue weighted by atomic mass is 36.0. The molecule has 5 aromatic rings. The number of benzene rings is 1. The van der Waals surface area contributed by atoms with Crippen molar-refractivity contribution in [3.05, 3.63) is 134 Å². The van der Waals surface area contributed by atoms with Crippen LogP contribution in [0.25, 0.3) is 10.9 Å². The molecule has 4 aromatic heterocycles. The normalized spacial score (nSPS) is 17.0. The van der Waals surface area contributed by atoms with Crippen LogP contribution in [0.4, 0.5) is 0 Å². The summed E-state index contributed by atoms with van der Waals surface area (Å²) in [4.78, 5) is 46.2. The summed E-state index contributed by atoms with van der Waals surface area (Å²) in [6.45, 7) is 20.2. The van der Waals surface area contributed by atoms with Crippen LogP contribution in [-0.2, 0) is 94.5 Å². The Morgan fingerprint density at radius 2 is 0.854 bits per heavy atom. The fourth-order valence-electron chi connectivity index (χ4n) is 14.3. The molecule has 3 unspecified atom stereocenters. The minimum absolute atomic E-state index is 0. The average molecular weight is 1350 g/mol. The number of pyridine rings is 4. The van der Waals surface area contributed by atoms with Gasteiger partial charge in [0.25, 0.3) is 0 Å². The lowest BCUT2D eigenvalue weighted by Crippen LogP contribution is -2.33. The van der Waals surface area contributed by atoms with Crippen LogP contribution in [-0.4, -0.2) is 81.1 Å². The van der Waals surface area contributed by atoms with Crippen LogP contribution in [0.3, 0.4) is 0 Å². The molecule has 0 aliphatic heterocycles. The lowest BCUT2D eigenvalue weighted by Gasteiger charge is -2.33. The molecule has 3 atom stereocenters. The summed E-state index contributed by atoms with van der Waals surface area (Å²) in [6.07, 6.45) is 36.7. The number of nitrogens with two attached hydrogens (primary N) is 2. The predicted octanol–water partition coefficient (Wildman–Crippen LogP) is 18.0. The number of aryl methyl sites for hydroxylation is 7. The van der Waals surface area contributed by atoms with Crippen molar-refractivity contribution in [3.8, 4) is 0 Å². The van der Waals surface area contributed by atoms with Gasteiger partial charge in [0.2, 0.25) is 0 Å². The molecule has 6 N–H and O–H groups in total. The van der Waals surface area contributed by atoms with Gasteiger partial charge in [0, 0.05) is 85.5 Å². The van der Waals surface area contributed by atoms with E-state index in [1.807, 2.05) is 24.3 Å². The topological polar surface area (TPSA) is 167 Å². The summed E-state index contributed by atoms with van der Waals surface area (Å²) in [5.74, 6) is 0.488. The molecule has 0 bridgehead atoms. The Kier molecular flexibility index (Phi) is 35.2. The van der Waals surface area contributed by atoms with E-state index in [1.54, 1.807) is 16.7 Å². The molecule has 11 nitrogen and oxygen atoms in total. The number of nitrogens with one attached hydrogen (secondary N) is 2. The number of rotatable bonds is 13. The van der Waals surface area contributed by atoms with Gasteiger partial charge in [0.1, 0.15) is 0 Å². The van der Waals surface area contributed by atoms with Crippen molar-refractivity contribution < 1.29 is 4.57 Å². The summed E-state index contributed by atoms with van der Waals surface area (Å²) in [5, 5.41) is -1.33. The highest BCUT2D eigenvalue weighted by Gasteiger charge is 2.30. The molecule has 0 fully saturated rings. The Morgan fingerprint density at radius 1 is 0.506 bits per heavy atom. The molecule has 7 aliphatic carbocycles. The summed E-state index contributed by atoms with van der Waals surface area (Å²) >= 11 is 20.4. The Hall–Kier alpha value is -2.80. The summed E-state index contributed by atoms with van der Waals surface area (Å²) in [6, 6.07) is 8.36. The first-order chi connectivity index (χ1) is 41.4. The van der Waals surface area contributed by atoms with Crippen molar-refractivity contribution in [2.24, 2.45) is 11.5 Å². The third-order valence-electron chi connectivity index (χ3n) is 19.1. The van der Waals surface area contributed by atoms with Crippen LogP contribution in [0.15, 0.2) is 33.9 Å². The molecule has 0 radical (unpaired) electrons. The molecule has 500 valence electrons. The fourth-order valence-corrected chi connectivity index (χ4v) is 14.7. The predicted molar refractivity (Wildman–Crippen MR) is 387 cm³/mol. The van der Waals surface area contributed by atoms with Crippen molar-refractivity contribution in [2.75, 3.05) is 39.3 Å². The molecule has 0 spiro atoms. The van der Waals surface area contributed by atoms with Gasteiger partial charge in [-0.15, -0.1) is 12.4 Å². The summed E-state index contributed by atoms with van der Waals surface area (Å²) in [7, 11) is 0. The third kappa shape index (κ3) is 23.0. The molecule has 0 saturated heterocycles. The molecule has 4 heterocycles. The minimum Gasteiger partial charge on any atom is -0.362 e. The van der Waals surface area contributed by atoms with E-state index in [2.05, 4.69) is 95.0 Å². The standard InChI is InChI=1S/C22H37N3.C13H16ClN.C13H17NO.C13H13NO.C9H22N2.2CH4.Cl3OP.ClH/c1-4-25(5-2)15-14-17(16(3)23)22-18-10-6-8-12-20(18)24-21-13-9-7-11-19(21)22;14-13-9-5-1-3-7-11(9)15-12-8-4-2-6-10(12)13;2*15-13-9-5-1-3-7-11(9)14-12-8-4-2-6-10(12)13;1-4-11(5-2)8-6-7-9(3)10;;;1-5(2,3)4;/h16-17H,4-15,23H2,1-3H3;1-8H2;1-8H2,(H,14,15);1,3,5,7H,2,4,6,8H2,(H,14,15);9H,4-8,10H2,1-3H3;2*1H4;;1H. The van der Waals surface area contributed by atoms with Gasteiger partial charge in [-0.3, -0.25) is 24.1 Å². The van der Waals surface area contributed by atoms with Crippen LogP contribution >= 0.6 is 62.9 Å². The van der Waals surface area contributed by atoms with Gasteiger partial charge in [0.15, 0.2) is 10.9 Å². The second-order valence-electron chi connectivity index (χ2n) is 25.3. The highest BCUT2D eigenvalue weighted by molar-refractivity contribution is 8.24. The van der Waals surface area contributed by atoms with E-state index in [0.29, 0.717) is 17.4 Å². The van der Waals surface area contributed by atoms with E-state index >= 15 is 0 Å². The molecule has 12 rings (SSSR count). The minimum atomic E-state index is -3.22. The SMILES string of the molecule is C.C.CCN(CC)CCC(c1c2c(nc3c1CCCC3)CCCC2)C(C)N.CCN(CC)CCCC(C)N.Cl.Clc1c2c(nc3c1CCCC3)CCCC2.O=P(Cl)(Cl)Cl.O=c1c2c([nH]c3c1CCCC3)CCCC2.O=c1c2c([nH]c3ccccc13)CCCC2. The molecule has 1 aromatic carbocycles. The van der Waals surface area contributed by atoms with Gasteiger partial charge in [-0.25, -0.2) is 0 Å². The number of halogens is 5. The van der Waals surface area contributed by atoms with Crippen molar-refractivity contribution in [3.63, 3.8) is 0 Å². The number of hydrogen-bond donors (Lipinski definition) is 4. The zero-order valence-corrected chi connectivity index (χ0v) is 58.5. The van der Waals surface area contributed by atoms with Crippen molar-refractivity contribution >= 4 is 73.8 Å². The monoisotopic (exact) mass is 1340 g/mol. The molecule has 0 amide bonds. The zero-order chi connectivity index (χ0) is 61.8. The molecular weight excluding hydrogens is 1230 g/mol. The first kappa shape index (κ1) is 78.6. The van der Waals surface area contributed by atoms with Crippen LogP contribution in [0.2, 0.25) is 5.02 Å². The average Bonchev–Trinajstić information content (AvgIpc) is 0.948. The van der Waals surface area contributed by atoms with Crippen LogP contribution < -0.4 is 22.3 Å². The maximum atomic E-state index is 12.2. The largest absolute Gasteiger partial charge is 0.362 e.